The summed E-state index contributed by atoms with van der Waals surface area (Å²) in [6.07, 6.45) is 0. The first-order chi connectivity index (χ1) is 9.74. The van der Waals surface area contributed by atoms with Crippen molar-refractivity contribution < 1.29 is 9.47 Å². The van der Waals surface area contributed by atoms with Crippen molar-refractivity contribution >= 4 is 32.3 Å². The molecule has 4 heteroatoms. The molecule has 0 radical (unpaired) electrons. The second kappa shape index (κ2) is 5.38. The third-order valence-electron chi connectivity index (χ3n) is 3.36. The second-order valence-corrected chi connectivity index (χ2v) is 5.78. The largest absolute Gasteiger partial charge is 0.494 e. The molecule has 0 aliphatic heterocycles. The van der Waals surface area contributed by atoms with Gasteiger partial charge in [0.05, 0.1) is 13.7 Å². The molecule has 20 heavy (non-hydrogen) atoms. The third-order valence-corrected chi connectivity index (χ3v) is 4.51. The SMILES string of the molecule is CCOCc1cc2c(C)nc3c(OC)cccc3c2s1. The van der Waals surface area contributed by atoms with Crippen molar-refractivity contribution in [1.29, 1.82) is 0 Å². The van der Waals surface area contributed by atoms with Gasteiger partial charge < -0.3 is 9.47 Å². The van der Waals surface area contributed by atoms with E-state index in [1.54, 1.807) is 18.4 Å². The van der Waals surface area contributed by atoms with Gasteiger partial charge >= 0.3 is 0 Å². The van der Waals surface area contributed by atoms with Gasteiger partial charge in [-0.15, -0.1) is 11.3 Å². The molecule has 0 fully saturated rings. The predicted molar refractivity (Wildman–Crippen MR) is 83.7 cm³/mol. The topological polar surface area (TPSA) is 31.4 Å². The lowest BCUT2D eigenvalue weighted by Gasteiger charge is -2.06. The molecule has 0 amide bonds. The van der Waals surface area contributed by atoms with Gasteiger partial charge in [-0.3, -0.25) is 0 Å². The average molecular weight is 287 g/mol. The molecule has 3 rings (SSSR count). The molecule has 2 aromatic heterocycles. The van der Waals surface area contributed by atoms with Gasteiger partial charge in [-0.05, 0) is 26.0 Å². The number of benzene rings is 1. The van der Waals surface area contributed by atoms with Gasteiger partial charge in [-0.1, -0.05) is 12.1 Å². The number of aryl methyl sites for hydroxylation is 1. The maximum atomic E-state index is 5.51. The van der Waals surface area contributed by atoms with Gasteiger partial charge in [-0.25, -0.2) is 4.98 Å². The van der Waals surface area contributed by atoms with Crippen LogP contribution >= 0.6 is 11.3 Å². The van der Waals surface area contributed by atoms with E-state index in [1.165, 1.54) is 15.0 Å². The maximum Gasteiger partial charge on any atom is 0.145 e. The fraction of sp³-hybridized carbons (Fsp3) is 0.312. The molecule has 0 spiro atoms. The van der Waals surface area contributed by atoms with Crippen molar-refractivity contribution in [3.05, 3.63) is 34.8 Å². The van der Waals surface area contributed by atoms with E-state index >= 15 is 0 Å². The van der Waals surface area contributed by atoms with Crippen LogP contribution in [-0.2, 0) is 11.3 Å². The molecule has 0 bridgehead atoms. The van der Waals surface area contributed by atoms with Crippen LogP contribution in [0.4, 0.5) is 0 Å². The summed E-state index contributed by atoms with van der Waals surface area (Å²) in [7, 11) is 1.69. The molecule has 3 aromatic rings. The quantitative estimate of drug-likeness (QED) is 0.717. The van der Waals surface area contributed by atoms with Crippen LogP contribution in [0.2, 0.25) is 0 Å². The number of thiophene rings is 1. The van der Waals surface area contributed by atoms with Gasteiger partial charge in [0, 0.05) is 32.7 Å². The number of ether oxygens (including phenoxy) is 2. The zero-order valence-electron chi connectivity index (χ0n) is 11.9. The summed E-state index contributed by atoms with van der Waals surface area (Å²) >= 11 is 1.78. The summed E-state index contributed by atoms with van der Waals surface area (Å²) in [4.78, 5) is 5.95. The lowest BCUT2D eigenvalue weighted by molar-refractivity contribution is 0.136. The Labute approximate surface area is 122 Å². The van der Waals surface area contributed by atoms with Crippen molar-refractivity contribution in [3.63, 3.8) is 0 Å². The van der Waals surface area contributed by atoms with Gasteiger partial charge in [0.25, 0.3) is 0 Å². The zero-order chi connectivity index (χ0) is 14.1. The average Bonchev–Trinajstić information content (AvgIpc) is 2.90. The van der Waals surface area contributed by atoms with E-state index in [0.717, 1.165) is 29.0 Å². The molecule has 3 nitrogen and oxygen atoms in total. The Morgan fingerprint density at radius 1 is 1.25 bits per heavy atom. The molecule has 0 saturated heterocycles. The van der Waals surface area contributed by atoms with Gasteiger partial charge in [0.2, 0.25) is 0 Å². The Bertz CT molecular complexity index is 764. The lowest BCUT2D eigenvalue weighted by Crippen LogP contribution is -1.90. The number of hydrogen-bond acceptors (Lipinski definition) is 4. The number of para-hydroxylation sites is 1. The van der Waals surface area contributed by atoms with Crippen LogP contribution in [0.25, 0.3) is 21.0 Å². The smallest absolute Gasteiger partial charge is 0.145 e. The summed E-state index contributed by atoms with van der Waals surface area (Å²) in [6.45, 7) is 5.46. The highest BCUT2D eigenvalue weighted by Gasteiger charge is 2.12. The molecule has 0 aliphatic rings. The summed E-state index contributed by atoms with van der Waals surface area (Å²) in [5.74, 6) is 0.826. The minimum absolute atomic E-state index is 0.667. The highest BCUT2D eigenvalue weighted by atomic mass is 32.1. The number of rotatable bonds is 4. The second-order valence-electron chi connectivity index (χ2n) is 4.65. The predicted octanol–water partition coefficient (Wildman–Crippen LogP) is 4.30. The van der Waals surface area contributed by atoms with E-state index in [0.29, 0.717) is 6.61 Å². The Morgan fingerprint density at radius 2 is 2.10 bits per heavy atom. The first kappa shape index (κ1) is 13.3. The summed E-state index contributed by atoms with van der Waals surface area (Å²) in [5, 5.41) is 2.36. The molecule has 0 saturated carbocycles. The summed E-state index contributed by atoms with van der Waals surface area (Å²) in [6, 6.07) is 8.26. The number of nitrogens with zero attached hydrogens (tertiary/aromatic N) is 1. The van der Waals surface area contributed by atoms with Gasteiger partial charge in [0.1, 0.15) is 11.3 Å². The number of pyridine rings is 1. The van der Waals surface area contributed by atoms with Crippen LogP contribution in [-0.4, -0.2) is 18.7 Å². The molecule has 0 aliphatic carbocycles. The van der Waals surface area contributed by atoms with E-state index in [-0.39, 0.29) is 0 Å². The van der Waals surface area contributed by atoms with E-state index in [4.69, 9.17) is 14.5 Å². The van der Waals surface area contributed by atoms with Crippen molar-refractivity contribution in [2.45, 2.75) is 20.5 Å². The Morgan fingerprint density at radius 3 is 2.85 bits per heavy atom. The van der Waals surface area contributed by atoms with E-state index in [1.807, 2.05) is 26.0 Å². The molecule has 0 N–H and O–H groups in total. The number of methoxy groups -OCH3 is 1. The van der Waals surface area contributed by atoms with E-state index in [2.05, 4.69) is 12.1 Å². The lowest BCUT2D eigenvalue weighted by atomic mass is 10.1. The van der Waals surface area contributed by atoms with Crippen LogP contribution < -0.4 is 4.74 Å². The number of aromatic nitrogens is 1. The van der Waals surface area contributed by atoms with Crippen molar-refractivity contribution in [2.75, 3.05) is 13.7 Å². The Hall–Kier alpha value is -1.65. The fourth-order valence-electron chi connectivity index (χ4n) is 2.40. The van der Waals surface area contributed by atoms with Crippen LogP contribution in [0.15, 0.2) is 24.3 Å². The number of hydrogen-bond donors (Lipinski definition) is 0. The monoisotopic (exact) mass is 287 g/mol. The van der Waals surface area contributed by atoms with Crippen molar-refractivity contribution in [1.82, 2.24) is 4.98 Å². The Kier molecular flexibility index (Phi) is 3.59. The zero-order valence-corrected chi connectivity index (χ0v) is 12.7. The summed E-state index contributed by atoms with van der Waals surface area (Å²) in [5.41, 5.74) is 1.97. The van der Waals surface area contributed by atoms with Crippen molar-refractivity contribution in [2.24, 2.45) is 0 Å². The molecule has 0 atom stereocenters. The van der Waals surface area contributed by atoms with Crippen LogP contribution in [0.5, 0.6) is 5.75 Å². The molecule has 104 valence electrons. The molecular weight excluding hydrogens is 270 g/mol. The van der Waals surface area contributed by atoms with E-state index in [9.17, 15) is 0 Å². The van der Waals surface area contributed by atoms with Gasteiger partial charge in [-0.2, -0.15) is 0 Å². The highest BCUT2D eigenvalue weighted by Crippen LogP contribution is 2.36. The fourth-order valence-corrected chi connectivity index (χ4v) is 3.57. The van der Waals surface area contributed by atoms with Gasteiger partial charge in [0.15, 0.2) is 0 Å². The molecular formula is C16H17NO2S. The van der Waals surface area contributed by atoms with Crippen LogP contribution in [0.1, 0.15) is 17.5 Å². The van der Waals surface area contributed by atoms with Crippen molar-refractivity contribution in [3.8, 4) is 5.75 Å². The Balaban J connectivity index is 2.26. The normalized spacial score (nSPS) is 11.3. The molecule has 2 heterocycles. The van der Waals surface area contributed by atoms with Crippen LogP contribution in [0, 0.1) is 6.92 Å². The third kappa shape index (κ3) is 2.15. The van der Waals surface area contributed by atoms with Crippen LogP contribution in [0.3, 0.4) is 0 Å². The molecule has 1 aromatic carbocycles. The first-order valence-electron chi connectivity index (χ1n) is 6.68. The van der Waals surface area contributed by atoms with E-state index < -0.39 is 0 Å². The summed E-state index contributed by atoms with van der Waals surface area (Å²) < 4.78 is 12.2. The standard InChI is InChI=1S/C16H17NO2S/c1-4-19-9-11-8-13-10(2)17-15-12(16(13)20-11)6-5-7-14(15)18-3/h5-8H,4,9H2,1-3H3. The first-order valence-corrected chi connectivity index (χ1v) is 7.49. The maximum absolute atomic E-state index is 5.51. The molecule has 0 unspecified atom stereocenters. The minimum atomic E-state index is 0.667. The number of fused-ring (bicyclic) bond motifs is 3. The minimum Gasteiger partial charge on any atom is -0.494 e. The highest BCUT2D eigenvalue weighted by molar-refractivity contribution is 7.20.